The lowest BCUT2D eigenvalue weighted by Crippen LogP contribution is -2.30. The summed E-state index contributed by atoms with van der Waals surface area (Å²) >= 11 is 0. The normalized spacial score (nSPS) is 14.2. The quantitative estimate of drug-likeness (QED) is 0.607. The number of aryl methyl sites for hydroxylation is 1. The van der Waals surface area contributed by atoms with Crippen LogP contribution in [0.25, 0.3) is 17.2 Å². The number of aromatic nitrogens is 3. The first-order chi connectivity index (χ1) is 14.8. The van der Waals surface area contributed by atoms with Crippen LogP contribution in [0.5, 0.6) is 0 Å². The first-order valence-corrected chi connectivity index (χ1v) is 9.91. The van der Waals surface area contributed by atoms with Gasteiger partial charge in [-0.2, -0.15) is 5.10 Å². The second kappa shape index (κ2) is 8.39. The topological polar surface area (TPSA) is 63.1 Å². The summed E-state index contributed by atoms with van der Waals surface area (Å²) in [6.07, 6.45) is 10.2. The number of rotatable bonds is 6. The Labute approximate surface area is 179 Å². The van der Waals surface area contributed by atoms with Crippen molar-refractivity contribution in [3.63, 3.8) is 0 Å². The predicted octanol–water partition coefficient (Wildman–Crippen LogP) is 4.10. The molecule has 8 heteroatoms. The van der Waals surface area contributed by atoms with E-state index in [4.69, 9.17) is 0 Å². The molecule has 1 amide bonds. The number of fused-ring (bicyclic) bond motifs is 1. The van der Waals surface area contributed by atoms with Gasteiger partial charge in [-0.1, -0.05) is 6.07 Å². The second-order valence-electron chi connectivity index (χ2n) is 7.89. The molecule has 31 heavy (non-hydrogen) atoms. The SMILES string of the molecule is Cn1cc(-c2ccncc2/C=C/C(=O)Nc2ccc3c(c2)CN(CC(C)(F)F)C3)cn1. The number of hydrogen-bond acceptors (Lipinski definition) is 4. The van der Waals surface area contributed by atoms with E-state index in [1.54, 1.807) is 40.3 Å². The zero-order chi connectivity index (χ0) is 22.0. The van der Waals surface area contributed by atoms with Gasteiger partial charge >= 0.3 is 0 Å². The van der Waals surface area contributed by atoms with Gasteiger partial charge in [0.25, 0.3) is 5.92 Å². The van der Waals surface area contributed by atoms with Crippen molar-refractivity contribution in [1.82, 2.24) is 19.7 Å². The highest BCUT2D eigenvalue weighted by molar-refractivity contribution is 6.02. The molecule has 1 aliphatic rings. The van der Waals surface area contributed by atoms with Gasteiger partial charge in [-0.15, -0.1) is 0 Å². The van der Waals surface area contributed by atoms with E-state index in [1.807, 2.05) is 31.4 Å². The van der Waals surface area contributed by atoms with Gasteiger partial charge in [-0.05, 0) is 41.0 Å². The predicted molar refractivity (Wildman–Crippen MR) is 115 cm³/mol. The lowest BCUT2D eigenvalue weighted by molar-refractivity contribution is -0.111. The van der Waals surface area contributed by atoms with Gasteiger partial charge in [0.1, 0.15) is 0 Å². The molecule has 0 atom stereocenters. The summed E-state index contributed by atoms with van der Waals surface area (Å²) in [7, 11) is 1.84. The van der Waals surface area contributed by atoms with E-state index in [-0.39, 0.29) is 12.5 Å². The molecule has 2 aromatic heterocycles. The van der Waals surface area contributed by atoms with E-state index in [9.17, 15) is 13.6 Å². The molecule has 0 saturated carbocycles. The summed E-state index contributed by atoms with van der Waals surface area (Å²) in [5.41, 5.74) is 5.27. The third kappa shape index (κ3) is 5.21. The molecular formula is C23H23F2N5O. The van der Waals surface area contributed by atoms with Gasteiger partial charge < -0.3 is 5.32 Å². The Hall–Kier alpha value is -3.39. The molecule has 4 rings (SSSR count). The molecule has 6 nitrogen and oxygen atoms in total. The van der Waals surface area contributed by atoms with Crippen LogP contribution in [0.4, 0.5) is 14.5 Å². The van der Waals surface area contributed by atoms with Crippen LogP contribution in [-0.4, -0.2) is 38.0 Å². The lowest BCUT2D eigenvalue weighted by atomic mass is 10.0. The Morgan fingerprint density at radius 2 is 2.03 bits per heavy atom. The minimum Gasteiger partial charge on any atom is -0.323 e. The zero-order valence-corrected chi connectivity index (χ0v) is 17.3. The summed E-state index contributed by atoms with van der Waals surface area (Å²) in [5.74, 6) is -3.01. The molecule has 0 fully saturated rings. The molecule has 160 valence electrons. The van der Waals surface area contributed by atoms with Crippen LogP contribution >= 0.6 is 0 Å². The van der Waals surface area contributed by atoms with Crippen LogP contribution < -0.4 is 5.32 Å². The number of nitrogens with one attached hydrogen (secondary N) is 1. The Kier molecular flexibility index (Phi) is 5.65. The van der Waals surface area contributed by atoms with Crippen LogP contribution in [0.15, 0.2) is 55.1 Å². The first-order valence-electron chi connectivity index (χ1n) is 9.91. The third-order valence-corrected chi connectivity index (χ3v) is 5.04. The number of carbonyl (C=O) groups is 1. The number of carbonyl (C=O) groups excluding carboxylic acids is 1. The van der Waals surface area contributed by atoms with Crippen LogP contribution in [0.3, 0.4) is 0 Å². The van der Waals surface area contributed by atoms with Gasteiger partial charge in [0.05, 0.1) is 12.7 Å². The largest absolute Gasteiger partial charge is 0.323 e. The van der Waals surface area contributed by atoms with Crippen LogP contribution in [0.2, 0.25) is 0 Å². The number of pyridine rings is 1. The van der Waals surface area contributed by atoms with Gasteiger partial charge in [-0.3, -0.25) is 19.4 Å². The van der Waals surface area contributed by atoms with E-state index in [0.717, 1.165) is 34.7 Å². The average Bonchev–Trinajstić information content (AvgIpc) is 3.30. The maximum atomic E-state index is 13.3. The average molecular weight is 423 g/mol. The second-order valence-corrected chi connectivity index (χ2v) is 7.89. The highest BCUT2D eigenvalue weighted by Crippen LogP contribution is 2.28. The summed E-state index contributed by atoms with van der Waals surface area (Å²) in [4.78, 5) is 18.3. The first kappa shape index (κ1) is 20.9. The number of nitrogens with zero attached hydrogens (tertiary/aromatic N) is 4. The number of halogens is 2. The van der Waals surface area contributed by atoms with Gasteiger partial charge in [0.2, 0.25) is 5.91 Å². The third-order valence-electron chi connectivity index (χ3n) is 5.04. The smallest absolute Gasteiger partial charge is 0.257 e. The molecular weight excluding hydrogens is 400 g/mol. The molecule has 3 aromatic rings. The van der Waals surface area contributed by atoms with Gasteiger partial charge in [-0.25, -0.2) is 8.78 Å². The summed E-state index contributed by atoms with van der Waals surface area (Å²) < 4.78 is 28.3. The monoisotopic (exact) mass is 423 g/mol. The van der Waals surface area contributed by atoms with Crippen molar-refractivity contribution in [2.24, 2.45) is 7.05 Å². The number of alkyl halides is 2. The molecule has 0 unspecified atom stereocenters. The van der Waals surface area contributed by atoms with Gasteiger partial charge in [0, 0.05) is 68.5 Å². The van der Waals surface area contributed by atoms with E-state index in [1.165, 1.54) is 6.08 Å². The number of amides is 1. The molecule has 0 bridgehead atoms. The van der Waals surface area contributed by atoms with Crippen molar-refractivity contribution < 1.29 is 13.6 Å². The van der Waals surface area contributed by atoms with Crippen molar-refractivity contribution in [2.75, 3.05) is 11.9 Å². The fourth-order valence-electron chi connectivity index (χ4n) is 3.76. The Bertz CT molecular complexity index is 1130. The summed E-state index contributed by atoms with van der Waals surface area (Å²) in [6.45, 7) is 1.58. The van der Waals surface area contributed by atoms with Gasteiger partial charge in [0.15, 0.2) is 0 Å². The van der Waals surface area contributed by atoms with Crippen molar-refractivity contribution in [3.8, 4) is 11.1 Å². The Morgan fingerprint density at radius 3 is 2.77 bits per heavy atom. The Balaban J connectivity index is 1.43. The number of hydrogen-bond donors (Lipinski definition) is 1. The van der Waals surface area contributed by atoms with Crippen molar-refractivity contribution in [2.45, 2.75) is 25.9 Å². The van der Waals surface area contributed by atoms with Crippen LogP contribution in [-0.2, 0) is 24.9 Å². The number of benzene rings is 1. The minimum absolute atomic E-state index is 0.281. The molecule has 1 N–H and O–H groups in total. The molecule has 0 radical (unpaired) electrons. The highest BCUT2D eigenvalue weighted by Gasteiger charge is 2.29. The maximum Gasteiger partial charge on any atom is 0.257 e. The zero-order valence-electron chi connectivity index (χ0n) is 17.3. The molecule has 0 spiro atoms. The van der Waals surface area contributed by atoms with Crippen molar-refractivity contribution in [1.29, 1.82) is 0 Å². The fourth-order valence-corrected chi connectivity index (χ4v) is 3.76. The molecule has 0 saturated heterocycles. The van der Waals surface area contributed by atoms with Crippen LogP contribution in [0, 0.1) is 0 Å². The van der Waals surface area contributed by atoms with E-state index in [2.05, 4.69) is 15.4 Å². The van der Waals surface area contributed by atoms with E-state index in [0.29, 0.717) is 18.8 Å². The minimum atomic E-state index is -2.73. The molecule has 0 aliphatic carbocycles. The van der Waals surface area contributed by atoms with E-state index < -0.39 is 5.92 Å². The molecule has 3 heterocycles. The molecule has 1 aliphatic heterocycles. The van der Waals surface area contributed by atoms with Crippen LogP contribution in [0.1, 0.15) is 23.6 Å². The Morgan fingerprint density at radius 1 is 1.23 bits per heavy atom. The van der Waals surface area contributed by atoms with Crippen molar-refractivity contribution in [3.05, 3.63) is 71.8 Å². The van der Waals surface area contributed by atoms with Crippen molar-refractivity contribution >= 4 is 17.7 Å². The fraction of sp³-hybridized carbons (Fsp3) is 0.261. The maximum absolute atomic E-state index is 13.3. The highest BCUT2D eigenvalue weighted by atomic mass is 19.3. The standard InChI is InChI=1S/C23H23F2N5O/c1-23(24,25)15-30-13-17-3-5-20(9-18(17)14-30)28-22(31)6-4-16-10-26-8-7-21(16)19-11-27-29(2)12-19/h3-12H,13-15H2,1-2H3,(H,28,31)/b6-4+. The lowest BCUT2D eigenvalue weighted by Gasteiger charge is -2.19. The summed E-state index contributed by atoms with van der Waals surface area (Å²) in [5, 5.41) is 7.03. The molecule has 1 aromatic carbocycles. The van der Waals surface area contributed by atoms with E-state index >= 15 is 0 Å². The number of anilines is 1. The summed E-state index contributed by atoms with van der Waals surface area (Å²) in [6, 6.07) is 7.40.